The Morgan fingerprint density at radius 3 is 1.72 bits per heavy atom. The predicted octanol–water partition coefficient (Wildman–Crippen LogP) is 5.44. The SMILES string of the molecule is COc1ccc(C(NS(=O)(=O)c2cc(C(F)(F)F)ccc2Cl)c2ccc(OC)cc2)cc1. The van der Waals surface area contributed by atoms with Crippen molar-refractivity contribution in [1.82, 2.24) is 4.72 Å². The van der Waals surface area contributed by atoms with Gasteiger partial charge in [0.2, 0.25) is 10.0 Å². The minimum Gasteiger partial charge on any atom is -0.497 e. The van der Waals surface area contributed by atoms with Gasteiger partial charge in [-0.05, 0) is 53.6 Å². The molecule has 10 heteroatoms. The van der Waals surface area contributed by atoms with Crippen LogP contribution >= 0.6 is 11.6 Å². The molecule has 3 rings (SSSR count). The minimum absolute atomic E-state index is 0.325. The number of rotatable bonds is 7. The van der Waals surface area contributed by atoms with E-state index < -0.39 is 32.7 Å². The lowest BCUT2D eigenvalue weighted by Gasteiger charge is -2.21. The molecule has 0 fully saturated rings. The molecule has 0 unspecified atom stereocenters. The second-order valence-electron chi connectivity index (χ2n) is 6.74. The zero-order chi connectivity index (χ0) is 23.5. The van der Waals surface area contributed by atoms with Gasteiger partial charge in [-0.1, -0.05) is 35.9 Å². The maximum Gasteiger partial charge on any atom is 0.416 e. The van der Waals surface area contributed by atoms with Crippen molar-refractivity contribution in [3.8, 4) is 11.5 Å². The van der Waals surface area contributed by atoms with Crippen molar-refractivity contribution in [1.29, 1.82) is 0 Å². The van der Waals surface area contributed by atoms with Crippen LogP contribution in [0.1, 0.15) is 22.7 Å². The van der Waals surface area contributed by atoms with E-state index in [0.29, 0.717) is 28.7 Å². The van der Waals surface area contributed by atoms with Crippen LogP contribution in [0.3, 0.4) is 0 Å². The third-order valence-electron chi connectivity index (χ3n) is 4.72. The molecule has 0 saturated heterocycles. The number of sulfonamides is 1. The van der Waals surface area contributed by atoms with Crippen LogP contribution in [0, 0.1) is 0 Å². The van der Waals surface area contributed by atoms with Crippen LogP contribution in [-0.2, 0) is 16.2 Å². The summed E-state index contributed by atoms with van der Waals surface area (Å²) in [6.45, 7) is 0. The molecular formula is C22H19ClF3NO4S. The Morgan fingerprint density at radius 2 is 1.31 bits per heavy atom. The minimum atomic E-state index is -4.72. The molecule has 0 aromatic heterocycles. The number of alkyl halides is 3. The number of hydrogen-bond acceptors (Lipinski definition) is 4. The van der Waals surface area contributed by atoms with E-state index in [-0.39, 0.29) is 5.02 Å². The summed E-state index contributed by atoms with van der Waals surface area (Å²) < 4.78 is 78.4. The van der Waals surface area contributed by atoms with E-state index in [2.05, 4.69) is 4.72 Å². The standard InChI is InChI=1S/C22H19ClF3NO4S/c1-30-17-8-3-14(4-9-17)21(15-5-10-18(31-2)11-6-15)27-32(28,29)20-13-16(22(24,25)26)7-12-19(20)23/h3-13,21,27H,1-2H3. The molecule has 0 aliphatic carbocycles. The van der Waals surface area contributed by atoms with Gasteiger partial charge in [-0.3, -0.25) is 0 Å². The Morgan fingerprint density at radius 1 is 0.844 bits per heavy atom. The van der Waals surface area contributed by atoms with Gasteiger partial charge in [0.15, 0.2) is 0 Å². The fourth-order valence-corrected chi connectivity index (χ4v) is 4.76. The van der Waals surface area contributed by atoms with Crippen molar-refractivity contribution in [2.24, 2.45) is 0 Å². The molecule has 0 amide bonds. The predicted molar refractivity (Wildman–Crippen MR) is 115 cm³/mol. The smallest absolute Gasteiger partial charge is 0.416 e. The summed E-state index contributed by atoms with van der Waals surface area (Å²) >= 11 is 5.97. The normalized spacial score (nSPS) is 12.1. The van der Waals surface area contributed by atoms with E-state index in [9.17, 15) is 21.6 Å². The van der Waals surface area contributed by atoms with Crippen LogP contribution in [0.4, 0.5) is 13.2 Å². The first kappa shape index (κ1) is 23.9. The van der Waals surface area contributed by atoms with Crippen LogP contribution in [-0.4, -0.2) is 22.6 Å². The molecule has 0 spiro atoms. The molecule has 0 saturated carbocycles. The van der Waals surface area contributed by atoms with Gasteiger partial charge in [0, 0.05) is 0 Å². The summed E-state index contributed by atoms with van der Waals surface area (Å²) in [7, 11) is -1.46. The second kappa shape index (κ2) is 9.40. The van der Waals surface area contributed by atoms with Gasteiger partial charge in [-0.25, -0.2) is 8.42 Å². The van der Waals surface area contributed by atoms with E-state index in [1.165, 1.54) is 14.2 Å². The molecule has 0 radical (unpaired) electrons. The van der Waals surface area contributed by atoms with E-state index >= 15 is 0 Å². The van der Waals surface area contributed by atoms with Crippen LogP contribution in [0.2, 0.25) is 5.02 Å². The molecule has 3 aromatic rings. The Labute approximate surface area is 188 Å². The Bertz CT molecular complexity index is 1130. The lowest BCUT2D eigenvalue weighted by atomic mass is 9.99. The van der Waals surface area contributed by atoms with Gasteiger partial charge in [0.25, 0.3) is 0 Å². The molecule has 32 heavy (non-hydrogen) atoms. The van der Waals surface area contributed by atoms with E-state index in [4.69, 9.17) is 21.1 Å². The van der Waals surface area contributed by atoms with Crippen molar-refractivity contribution in [2.45, 2.75) is 17.1 Å². The molecule has 0 bridgehead atoms. The molecule has 0 atom stereocenters. The third-order valence-corrected chi connectivity index (χ3v) is 6.62. The summed E-state index contributed by atoms with van der Waals surface area (Å²) in [4.78, 5) is -0.666. The number of halogens is 4. The van der Waals surface area contributed by atoms with Crippen molar-refractivity contribution < 1.29 is 31.1 Å². The van der Waals surface area contributed by atoms with Gasteiger partial charge in [0.05, 0.1) is 30.8 Å². The first-order chi connectivity index (χ1) is 15.0. The number of ether oxygens (including phenoxy) is 2. The monoisotopic (exact) mass is 485 g/mol. The maximum absolute atomic E-state index is 13.1. The van der Waals surface area contributed by atoms with E-state index in [1.807, 2.05) is 0 Å². The number of nitrogens with one attached hydrogen (secondary N) is 1. The van der Waals surface area contributed by atoms with Crippen molar-refractivity contribution in [3.63, 3.8) is 0 Å². The summed E-state index contributed by atoms with van der Waals surface area (Å²) in [6, 6.07) is 14.5. The highest BCUT2D eigenvalue weighted by Crippen LogP contribution is 2.34. The number of hydrogen-bond donors (Lipinski definition) is 1. The lowest BCUT2D eigenvalue weighted by Crippen LogP contribution is -2.30. The summed E-state index contributed by atoms with van der Waals surface area (Å²) in [5, 5.41) is -0.325. The Kier molecular flexibility index (Phi) is 7.02. The average molecular weight is 486 g/mol. The van der Waals surface area contributed by atoms with Gasteiger partial charge in [-0.15, -0.1) is 0 Å². The van der Waals surface area contributed by atoms with Crippen LogP contribution in [0.25, 0.3) is 0 Å². The third kappa shape index (κ3) is 5.35. The molecular weight excluding hydrogens is 467 g/mol. The highest BCUT2D eigenvalue weighted by Gasteiger charge is 2.33. The van der Waals surface area contributed by atoms with Crippen LogP contribution < -0.4 is 14.2 Å². The zero-order valence-electron chi connectivity index (χ0n) is 17.0. The van der Waals surface area contributed by atoms with E-state index in [0.717, 1.165) is 12.1 Å². The zero-order valence-corrected chi connectivity index (χ0v) is 18.6. The second-order valence-corrected chi connectivity index (χ2v) is 8.83. The highest BCUT2D eigenvalue weighted by molar-refractivity contribution is 7.89. The summed E-state index contributed by atoms with van der Waals surface area (Å²) in [5.74, 6) is 1.12. The fraction of sp³-hybridized carbons (Fsp3) is 0.182. The first-order valence-corrected chi connectivity index (χ1v) is 11.1. The van der Waals surface area contributed by atoms with E-state index in [1.54, 1.807) is 48.5 Å². The quantitative estimate of drug-likeness (QED) is 0.483. The Balaban J connectivity index is 2.07. The van der Waals surface area contributed by atoms with Crippen molar-refractivity contribution in [3.05, 3.63) is 88.4 Å². The fourth-order valence-electron chi connectivity index (χ4n) is 3.03. The highest BCUT2D eigenvalue weighted by atomic mass is 35.5. The average Bonchev–Trinajstić information content (AvgIpc) is 2.77. The molecule has 0 heterocycles. The lowest BCUT2D eigenvalue weighted by molar-refractivity contribution is -0.137. The van der Waals surface area contributed by atoms with Gasteiger partial charge in [-0.2, -0.15) is 17.9 Å². The van der Waals surface area contributed by atoms with Crippen molar-refractivity contribution >= 4 is 21.6 Å². The topological polar surface area (TPSA) is 64.6 Å². The Hall–Kier alpha value is -2.75. The van der Waals surface area contributed by atoms with Crippen molar-refractivity contribution in [2.75, 3.05) is 14.2 Å². The van der Waals surface area contributed by atoms with Crippen LogP contribution in [0.5, 0.6) is 11.5 Å². The van der Waals surface area contributed by atoms with Crippen LogP contribution in [0.15, 0.2) is 71.6 Å². The molecule has 1 N–H and O–H groups in total. The summed E-state index contributed by atoms with van der Waals surface area (Å²) in [6.07, 6.45) is -4.72. The molecule has 0 aliphatic rings. The number of benzene rings is 3. The first-order valence-electron chi connectivity index (χ1n) is 9.22. The molecule has 170 valence electrons. The number of methoxy groups -OCH3 is 2. The maximum atomic E-state index is 13.1. The molecule has 3 aromatic carbocycles. The van der Waals surface area contributed by atoms with Gasteiger partial charge < -0.3 is 9.47 Å². The largest absolute Gasteiger partial charge is 0.497 e. The molecule has 0 aliphatic heterocycles. The molecule has 5 nitrogen and oxygen atoms in total. The van der Waals surface area contributed by atoms with Gasteiger partial charge in [0.1, 0.15) is 16.4 Å². The summed E-state index contributed by atoms with van der Waals surface area (Å²) in [5.41, 5.74) is -0.0296. The van der Waals surface area contributed by atoms with Gasteiger partial charge >= 0.3 is 6.18 Å².